The van der Waals surface area contributed by atoms with Gasteiger partial charge in [-0.1, -0.05) is 23.8 Å². The second-order valence-electron chi connectivity index (χ2n) is 5.89. The number of fused-ring (bicyclic) bond motifs is 1. The van der Waals surface area contributed by atoms with Gasteiger partial charge in [-0.05, 0) is 71.9 Å². The first-order valence-electron chi connectivity index (χ1n) is 7.48. The number of hydrogen-bond donors (Lipinski definition) is 1. The van der Waals surface area contributed by atoms with Crippen molar-refractivity contribution in [2.45, 2.75) is 32.7 Å². The van der Waals surface area contributed by atoms with E-state index in [2.05, 4.69) is 64.2 Å². The van der Waals surface area contributed by atoms with Gasteiger partial charge in [-0.25, -0.2) is 0 Å². The predicted octanol–water partition coefficient (Wildman–Crippen LogP) is 4.86. The van der Waals surface area contributed by atoms with E-state index in [1.54, 1.807) is 0 Å². The highest BCUT2D eigenvalue weighted by Crippen LogP contribution is 2.38. The number of benzene rings is 2. The smallest absolute Gasteiger partial charge is 0.0555 e. The largest absolute Gasteiger partial charge is 0.340 e. The molecule has 2 nitrogen and oxygen atoms in total. The van der Waals surface area contributed by atoms with Crippen LogP contribution in [0.3, 0.4) is 0 Å². The monoisotopic (exact) mass is 344 g/mol. The van der Waals surface area contributed by atoms with Crippen LogP contribution in [0.2, 0.25) is 0 Å². The molecule has 0 aromatic heterocycles. The Bertz CT molecular complexity index is 664. The second-order valence-corrected chi connectivity index (χ2v) is 6.74. The second kappa shape index (κ2) is 5.82. The van der Waals surface area contributed by atoms with Gasteiger partial charge in [-0.3, -0.25) is 0 Å². The van der Waals surface area contributed by atoms with Crippen LogP contribution in [0.15, 0.2) is 40.9 Å². The lowest BCUT2D eigenvalue weighted by atomic mass is 9.98. The van der Waals surface area contributed by atoms with Crippen LogP contribution in [0.1, 0.15) is 36.1 Å². The highest BCUT2D eigenvalue weighted by molar-refractivity contribution is 9.10. The van der Waals surface area contributed by atoms with Crippen molar-refractivity contribution in [1.29, 1.82) is 0 Å². The average Bonchev–Trinajstić information content (AvgIpc) is 2.46. The molecule has 3 heteroatoms. The Hall–Kier alpha value is -1.32. The number of nitrogens with two attached hydrogens (primary N) is 1. The Morgan fingerprint density at radius 1 is 1.14 bits per heavy atom. The van der Waals surface area contributed by atoms with Crippen LogP contribution in [0.25, 0.3) is 0 Å². The van der Waals surface area contributed by atoms with Crippen LogP contribution in [0, 0.1) is 6.92 Å². The summed E-state index contributed by atoms with van der Waals surface area (Å²) in [7, 11) is 0. The summed E-state index contributed by atoms with van der Waals surface area (Å²) in [4.78, 5) is 2.41. The summed E-state index contributed by atoms with van der Waals surface area (Å²) in [5.74, 6) is 0. The number of anilines is 2. The maximum absolute atomic E-state index is 5.97. The molecule has 0 fully saturated rings. The van der Waals surface area contributed by atoms with Crippen molar-refractivity contribution in [3.05, 3.63) is 57.6 Å². The van der Waals surface area contributed by atoms with Gasteiger partial charge in [0.05, 0.1) is 5.69 Å². The molecule has 0 aliphatic carbocycles. The molecule has 0 unspecified atom stereocenters. The van der Waals surface area contributed by atoms with Crippen molar-refractivity contribution in [3.8, 4) is 0 Å². The molecule has 1 heterocycles. The van der Waals surface area contributed by atoms with Crippen molar-refractivity contribution in [1.82, 2.24) is 0 Å². The fraction of sp³-hybridized carbons (Fsp3) is 0.333. The summed E-state index contributed by atoms with van der Waals surface area (Å²) in [5, 5.41) is 0. The Balaban J connectivity index is 2.03. The molecule has 0 amide bonds. The molecule has 21 heavy (non-hydrogen) atoms. The van der Waals surface area contributed by atoms with E-state index in [0.717, 1.165) is 16.6 Å². The van der Waals surface area contributed by atoms with Crippen LogP contribution in [-0.4, -0.2) is 6.54 Å². The van der Waals surface area contributed by atoms with Crippen molar-refractivity contribution < 1.29 is 0 Å². The number of rotatable bonds is 2. The van der Waals surface area contributed by atoms with E-state index in [-0.39, 0.29) is 6.04 Å². The minimum absolute atomic E-state index is 0.0617. The lowest BCUT2D eigenvalue weighted by Gasteiger charge is -2.32. The first-order valence-corrected chi connectivity index (χ1v) is 8.27. The van der Waals surface area contributed by atoms with Crippen LogP contribution in [0.4, 0.5) is 11.4 Å². The molecule has 3 rings (SSSR count). The van der Waals surface area contributed by atoms with Gasteiger partial charge in [-0.15, -0.1) is 0 Å². The van der Waals surface area contributed by atoms with Crippen molar-refractivity contribution in [2.75, 3.05) is 11.4 Å². The zero-order chi connectivity index (χ0) is 15.0. The zero-order valence-electron chi connectivity index (χ0n) is 12.6. The van der Waals surface area contributed by atoms with Crippen LogP contribution < -0.4 is 10.6 Å². The van der Waals surface area contributed by atoms with Gasteiger partial charge in [0.25, 0.3) is 0 Å². The summed E-state index contributed by atoms with van der Waals surface area (Å²) in [6, 6.07) is 13.3. The molecular formula is C18H21BrN2. The third-order valence-electron chi connectivity index (χ3n) is 4.14. The maximum atomic E-state index is 5.97. The molecule has 2 aromatic carbocycles. The molecule has 1 atom stereocenters. The summed E-state index contributed by atoms with van der Waals surface area (Å²) in [6.45, 7) is 5.24. The molecule has 2 N–H and O–H groups in total. The molecule has 0 bridgehead atoms. The Morgan fingerprint density at radius 2 is 1.90 bits per heavy atom. The van der Waals surface area contributed by atoms with E-state index in [1.165, 1.54) is 35.3 Å². The number of nitrogens with zero attached hydrogens (tertiary/aromatic N) is 1. The number of halogens is 1. The van der Waals surface area contributed by atoms with Gasteiger partial charge >= 0.3 is 0 Å². The molecule has 0 spiro atoms. The minimum atomic E-state index is 0.0617. The normalized spacial score (nSPS) is 15.7. The predicted molar refractivity (Wildman–Crippen MR) is 93.3 cm³/mol. The fourth-order valence-electron chi connectivity index (χ4n) is 3.00. The summed E-state index contributed by atoms with van der Waals surface area (Å²) in [6.07, 6.45) is 2.36. The third-order valence-corrected chi connectivity index (χ3v) is 4.78. The first-order chi connectivity index (χ1) is 10.1. The highest BCUT2D eigenvalue weighted by Gasteiger charge is 2.20. The van der Waals surface area contributed by atoms with Gasteiger partial charge < -0.3 is 10.6 Å². The lowest BCUT2D eigenvalue weighted by Crippen LogP contribution is -2.25. The Labute approximate surface area is 135 Å². The van der Waals surface area contributed by atoms with Gasteiger partial charge in [0.1, 0.15) is 0 Å². The number of hydrogen-bond acceptors (Lipinski definition) is 2. The van der Waals surface area contributed by atoms with Crippen LogP contribution in [0.5, 0.6) is 0 Å². The standard InChI is InChI=1S/C18H21BrN2/c1-12-5-7-17-15(10-12)4-3-9-21(17)18-8-6-14(13(2)20)11-16(18)19/h5-8,10-11,13H,3-4,9,20H2,1-2H3/t13-/m0/s1. The molecule has 1 aliphatic heterocycles. The van der Waals surface area contributed by atoms with E-state index in [4.69, 9.17) is 5.73 Å². The summed E-state index contributed by atoms with van der Waals surface area (Å²) < 4.78 is 1.12. The van der Waals surface area contributed by atoms with Crippen LogP contribution in [-0.2, 0) is 6.42 Å². The number of aryl methyl sites for hydroxylation is 2. The van der Waals surface area contributed by atoms with E-state index in [0.29, 0.717) is 0 Å². The lowest BCUT2D eigenvalue weighted by molar-refractivity contribution is 0.763. The topological polar surface area (TPSA) is 29.3 Å². The summed E-state index contributed by atoms with van der Waals surface area (Å²) in [5.41, 5.74) is 12.5. The highest BCUT2D eigenvalue weighted by atomic mass is 79.9. The SMILES string of the molecule is Cc1ccc2c(c1)CCCN2c1ccc([C@H](C)N)cc1Br. The van der Waals surface area contributed by atoms with E-state index in [9.17, 15) is 0 Å². The van der Waals surface area contributed by atoms with E-state index in [1.807, 2.05) is 6.92 Å². The molecular weight excluding hydrogens is 324 g/mol. The maximum Gasteiger partial charge on any atom is 0.0555 e. The molecule has 0 saturated heterocycles. The van der Waals surface area contributed by atoms with E-state index < -0.39 is 0 Å². The molecule has 0 radical (unpaired) electrons. The van der Waals surface area contributed by atoms with Crippen LogP contribution >= 0.6 is 15.9 Å². The van der Waals surface area contributed by atoms with Crippen molar-refractivity contribution >= 4 is 27.3 Å². The van der Waals surface area contributed by atoms with Crippen molar-refractivity contribution in [3.63, 3.8) is 0 Å². The van der Waals surface area contributed by atoms with E-state index >= 15 is 0 Å². The third kappa shape index (κ3) is 2.85. The summed E-state index contributed by atoms with van der Waals surface area (Å²) >= 11 is 3.72. The molecule has 2 aromatic rings. The minimum Gasteiger partial charge on any atom is -0.340 e. The van der Waals surface area contributed by atoms with Gasteiger partial charge in [0.2, 0.25) is 0 Å². The quantitative estimate of drug-likeness (QED) is 0.842. The van der Waals surface area contributed by atoms with Crippen molar-refractivity contribution in [2.24, 2.45) is 5.73 Å². The zero-order valence-corrected chi connectivity index (χ0v) is 14.2. The molecule has 1 aliphatic rings. The average molecular weight is 345 g/mol. The first kappa shape index (κ1) is 14.6. The molecule has 0 saturated carbocycles. The Morgan fingerprint density at radius 3 is 2.62 bits per heavy atom. The molecule has 110 valence electrons. The fourth-order valence-corrected chi connectivity index (χ4v) is 3.61. The van der Waals surface area contributed by atoms with Gasteiger partial charge in [-0.2, -0.15) is 0 Å². The van der Waals surface area contributed by atoms with Gasteiger partial charge in [0.15, 0.2) is 0 Å². The Kier molecular flexibility index (Phi) is 4.05. The van der Waals surface area contributed by atoms with Gasteiger partial charge in [0, 0.05) is 22.7 Å².